The van der Waals surface area contributed by atoms with Gasteiger partial charge >= 0.3 is 5.97 Å². The number of hydrogen-bond acceptors (Lipinski definition) is 11. The number of benzene rings is 2. The number of carbonyl (C=O) groups is 1. The maximum atomic E-state index is 12.3. The van der Waals surface area contributed by atoms with E-state index in [0.717, 1.165) is 24.5 Å². The molecule has 0 N–H and O–H groups in total. The van der Waals surface area contributed by atoms with Crippen molar-refractivity contribution in [3.63, 3.8) is 0 Å². The first-order valence-electron chi connectivity index (χ1n) is 8.84. The Hall–Kier alpha value is -4.00. The molecule has 1 heterocycles. The van der Waals surface area contributed by atoms with Crippen molar-refractivity contribution in [2.24, 2.45) is 0 Å². The lowest BCUT2D eigenvalue weighted by atomic mass is 10.2. The van der Waals surface area contributed by atoms with Gasteiger partial charge in [0.05, 0.1) is 30.3 Å². The number of methoxy groups -OCH3 is 2. The third kappa shape index (κ3) is 4.83. The van der Waals surface area contributed by atoms with E-state index in [1.54, 1.807) is 18.2 Å². The fourth-order valence-electron chi connectivity index (χ4n) is 2.72. The summed E-state index contributed by atoms with van der Waals surface area (Å²) in [6.45, 7) is -0.411. The Morgan fingerprint density at radius 1 is 1.16 bits per heavy atom. The Balaban J connectivity index is 1.76. The van der Waals surface area contributed by atoms with Crippen molar-refractivity contribution in [2.45, 2.75) is 11.5 Å². The molecule has 13 heteroatoms. The number of hydrogen-bond donors (Lipinski definition) is 0. The van der Waals surface area contributed by atoms with Crippen LogP contribution in [0.5, 0.6) is 11.5 Å². The second kappa shape index (κ2) is 9.01. The average Bonchev–Trinajstić information content (AvgIpc) is 3.24. The number of esters is 1. The fraction of sp³-hybridized carbons (Fsp3) is 0.211. The van der Waals surface area contributed by atoms with Crippen LogP contribution in [0.25, 0.3) is 11.4 Å². The lowest BCUT2D eigenvalue weighted by molar-refractivity contribution is -0.387. The van der Waals surface area contributed by atoms with Gasteiger partial charge in [0.15, 0.2) is 16.4 Å². The highest BCUT2D eigenvalue weighted by atomic mass is 32.2. The molecule has 0 amide bonds. The van der Waals surface area contributed by atoms with Gasteiger partial charge in [-0.3, -0.25) is 10.1 Å². The number of rotatable bonds is 8. The number of carbonyl (C=O) groups excluding carboxylic acids is 1. The van der Waals surface area contributed by atoms with Crippen LogP contribution in [0.3, 0.4) is 0 Å². The first-order valence-corrected chi connectivity index (χ1v) is 10.7. The molecule has 1 aromatic heterocycles. The van der Waals surface area contributed by atoms with Gasteiger partial charge in [0.2, 0.25) is 5.82 Å². The minimum Gasteiger partial charge on any atom is -0.497 e. The summed E-state index contributed by atoms with van der Waals surface area (Å²) >= 11 is 0. The summed E-state index contributed by atoms with van der Waals surface area (Å²) in [7, 11) is -0.875. The summed E-state index contributed by atoms with van der Waals surface area (Å²) in [5.41, 5.74) is -0.420. The fourth-order valence-corrected chi connectivity index (χ4v) is 3.55. The highest BCUT2D eigenvalue weighted by Gasteiger charge is 2.25. The highest BCUT2D eigenvalue weighted by Crippen LogP contribution is 2.31. The third-order valence-electron chi connectivity index (χ3n) is 4.24. The van der Waals surface area contributed by atoms with Crippen LogP contribution in [0.1, 0.15) is 16.2 Å². The van der Waals surface area contributed by atoms with Crippen LogP contribution in [0.4, 0.5) is 5.69 Å². The smallest absolute Gasteiger partial charge is 0.338 e. The standard InChI is InChI=1S/C19H17N3O9S/c1-28-12-5-6-13(15(9-12)29-2)18-20-17(31-21-18)10-30-19(23)11-4-7-16(32(3,26)27)14(8-11)22(24)25/h4-9H,10H2,1-3H3. The second-order valence-electron chi connectivity index (χ2n) is 6.37. The van der Waals surface area contributed by atoms with Crippen molar-refractivity contribution in [3.8, 4) is 22.9 Å². The van der Waals surface area contributed by atoms with Crippen molar-refractivity contribution in [1.82, 2.24) is 10.1 Å². The molecule has 0 aliphatic carbocycles. The van der Waals surface area contributed by atoms with Crippen LogP contribution in [-0.2, 0) is 21.2 Å². The summed E-state index contributed by atoms with van der Waals surface area (Å²) < 4.78 is 43.9. The molecule has 32 heavy (non-hydrogen) atoms. The predicted octanol–water partition coefficient (Wildman–Crippen LogP) is 2.42. The van der Waals surface area contributed by atoms with Gasteiger partial charge in [-0.15, -0.1) is 0 Å². The second-order valence-corrected chi connectivity index (χ2v) is 8.35. The van der Waals surface area contributed by atoms with E-state index < -0.39 is 37.9 Å². The Morgan fingerprint density at radius 2 is 1.91 bits per heavy atom. The molecule has 0 saturated heterocycles. The number of aromatic nitrogens is 2. The Kier molecular flexibility index (Phi) is 6.39. The zero-order valence-electron chi connectivity index (χ0n) is 17.1. The van der Waals surface area contributed by atoms with E-state index in [0.29, 0.717) is 17.1 Å². The molecule has 0 aliphatic heterocycles. The zero-order valence-corrected chi connectivity index (χ0v) is 17.9. The van der Waals surface area contributed by atoms with Crippen LogP contribution in [0.15, 0.2) is 45.8 Å². The maximum Gasteiger partial charge on any atom is 0.338 e. The quantitative estimate of drug-likeness (QED) is 0.274. The molecule has 0 unspecified atom stereocenters. The minimum absolute atomic E-state index is 0.0338. The molecule has 2 aromatic carbocycles. The van der Waals surface area contributed by atoms with Crippen molar-refractivity contribution in [1.29, 1.82) is 0 Å². The average molecular weight is 463 g/mol. The summed E-state index contributed by atoms with van der Waals surface area (Å²) in [5, 5.41) is 15.0. The summed E-state index contributed by atoms with van der Waals surface area (Å²) in [6.07, 6.45) is 0.832. The molecular formula is C19H17N3O9S. The van der Waals surface area contributed by atoms with Gasteiger partial charge in [-0.25, -0.2) is 13.2 Å². The molecule has 168 valence electrons. The van der Waals surface area contributed by atoms with Gasteiger partial charge in [0.25, 0.3) is 11.6 Å². The molecule has 12 nitrogen and oxygen atoms in total. The van der Waals surface area contributed by atoms with Crippen molar-refractivity contribution < 1.29 is 36.9 Å². The normalized spacial score (nSPS) is 11.1. The molecule has 0 saturated carbocycles. The molecule has 0 atom stereocenters. The number of ether oxygens (including phenoxy) is 3. The van der Waals surface area contributed by atoms with Crippen LogP contribution in [-0.4, -0.2) is 49.9 Å². The van der Waals surface area contributed by atoms with Gasteiger partial charge in [-0.1, -0.05) is 5.16 Å². The molecule has 0 radical (unpaired) electrons. The first-order chi connectivity index (χ1) is 15.1. The Bertz CT molecular complexity index is 1280. The third-order valence-corrected chi connectivity index (χ3v) is 5.38. The van der Waals surface area contributed by atoms with Crippen LogP contribution in [0.2, 0.25) is 0 Å². The predicted molar refractivity (Wildman–Crippen MR) is 108 cm³/mol. The Labute approximate surface area is 181 Å². The number of nitrogens with zero attached hydrogens (tertiary/aromatic N) is 3. The molecule has 0 aliphatic rings. The number of nitro groups is 1. The van der Waals surface area contributed by atoms with E-state index in [1.807, 2.05) is 0 Å². The molecule has 0 bridgehead atoms. The zero-order chi connectivity index (χ0) is 23.5. The number of sulfone groups is 1. The molecule has 0 spiro atoms. The lowest BCUT2D eigenvalue weighted by Gasteiger charge is -2.07. The van der Waals surface area contributed by atoms with Crippen molar-refractivity contribution in [2.75, 3.05) is 20.5 Å². The SMILES string of the molecule is COc1ccc(-c2noc(COC(=O)c3ccc(S(C)(=O)=O)c([N+](=O)[O-])c3)n2)c(OC)c1. The topological polar surface area (TPSA) is 161 Å². The number of nitro benzene ring substituents is 1. The van der Waals surface area contributed by atoms with Crippen LogP contribution < -0.4 is 9.47 Å². The van der Waals surface area contributed by atoms with Gasteiger partial charge in [0, 0.05) is 18.4 Å². The molecular weight excluding hydrogens is 446 g/mol. The van der Waals surface area contributed by atoms with Gasteiger partial charge < -0.3 is 18.7 Å². The summed E-state index contributed by atoms with van der Waals surface area (Å²) in [6, 6.07) is 7.92. The van der Waals surface area contributed by atoms with E-state index in [9.17, 15) is 23.3 Å². The molecule has 3 rings (SSSR count). The molecule has 3 aromatic rings. The molecule has 0 fully saturated rings. The van der Waals surface area contributed by atoms with E-state index in [2.05, 4.69) is 10.1 Å². The van der Waals surface area contributed by atoms with E-state index in [4.69, 9.17) is 18.7 Å². The summed E-state index contributed by atoms with van der Waals surface area (Å²) in [4.78, 5) is 26.2. The largest absolute Gasteiger partial charge is 0.497 e. The highest BCUT2D eigenvalue weighted by molar-refractivity contribution is 7.90. The summed E-state index contributed by atoms with van der Waals surface area (Å²) in [5.74, 6) is 0.221. The maximum absolute atomic E-state index is 12.3. The minimum atomic E-state index is -3.86. The van der Waals surface area contributed by atoms with E-state index >= 15 is 0 Å². The monoisotopic (exact) mass is 463 g/mol. The van der Waals surface area contributed by atoms with Crippen molar-refractivity contribution in [3.05, 3.63) is 58.0 Å². The Morgan fingerprint density at radius 3 is 2.53 bits per heavy atom. The van der Waals surface area contributed by atoms with Crippen LogP contribution in [0, 0.1) is 10.1 Å². The van der Waals surface area contributed by atoms with E-state index in [1.165, 1.54) is 14.2 Å². The lowest BCUT2D eigenvalue weighted by Crippen LogP contribution is -2.08. The van der Waals surface area contributed by atoms with Gasteiger partial charge in [-0.2, -0.15) is 4.98 Å². The first kappa shape index (κ1) is 22.7. The van der Waals surface area contributed by atoms with Gasteiger partial charge in [-0.05, 0) is 24.3 Å². The van der Waals surface area contributed by atoms with Gasteiger partial charge in [0.1, 0.15) is 16.4 Å². The van der Waals surface area contributed by atoms with E-state index in [-0.39, 0.29) is 17.3 Å². The van der Waals surface area contributed by atoms with Crippen LogP contribution >= 0.6 is 0 Å². The van der Waals surface area contributed by atoms with Crippen molar-refractivity contribution >= 4 is 21.5 Å².